The summed E-state index contributed by atoms with van der Waals surface area (Å²) in [6.45, 7) is 8.50. The molecule has 5 nitrogen and oxygen atoms in total. The zero-order chi connectivity index (χ0) is 19.6. The van der Waals surface area contributed by atoms with Gasteiger partial charge in [0, 0.05) is 12.2 Å². The fourth-order valence-electron chi connectivity index (χ4n) is 4.05. The summed E-state index contributed by atoms with van der Waals surface area (Å²) in [5, 5.41) is 10.7. The van der Waals surface area contributed by atoms with Gasteiger partial charge < -0.3 is 14.4 Å². The Bertz CT molecular complexity index is 834. The number of ether oxygens (including phenoxy) is 1. The van der Waals surface area contributed by atoms with Crippen molar-refractivity contribution in [2.75, 3.05) is 20.2 Å². The van der Waals surface area contributed by atoms with Gasteiger partial charge in [-0.15, -0.1) is 0 Å². The molecule has 146 valence electrons. The van der Waals surface area contributed by atoms with Crippen LogP contribution in [0.4, 0.5) is 0 Å². The maximum atomic E-state index is 13.2. The molecule has 0 bridgehead atoms. The van der Waals surface area contributed by atoms with E-state index in [1.807, 2.05) is 38.1 Å². The Labute approximate surface area is 161 Å². The Morgan fingerprint density at radius 3 is 2.41 bits per heavy atom. The van der Waals surface area contributed by atoms with Crippen molar-refractivity contribution >= 4 is 0 Å². The van der Waals surface area contributed by atoms with E-state index in [4.69, 9.17) is 4.74 Å². The number of benzene rings is 1. The molecule has 1 fully saturated rings. The van der Waals surface area contributed by atoms with Crippen LogP contribution in [0.3, 0.4) is 0 Å². The van der Waals surface area contributed by atoms with Crippen LogP contribution in [0.5, 0.6) is 11.5 Å². The van der Waals surface area contributed by atoms with Gasteiger partial charge in [-0.3, -0.25) is 9.69 Å². The third-order valence-corrected chi connectivity index (χ3v) is 5.73. The molecule has 1 saturated heterocycles. The van der Waals surface area contributed by atoms with Crippen molar-refractivity contribution in [2.45, 2.75) is 46.2 Å². The molecule has 1 unspecified atom stereocenters. The lowest BCUT2D eigenvalue weighted by Crippen LogP contribution is -2.40. The third-order valence-electron chi connectivity index (χ3n) is 5.73. The van der Waals surface area contributed by atoms with E-state index in [1.54, 1.807) is 17.7 Å². The number of likely N-dealkylation sites (tertiary alicyclic amines) is 1. The van der Waals surface area contributed by atoms with Crippen molar-refractivity contribution < 1.29 is 9.84 Å². The van der Waals surface area contributed by atoms with Gasteiger partial charge in [-0.05, 0) is 69.5 Å². The molecule has 3 rings (SSSR count). The first kappa shape index (κ1) is 19.5. The van der Waals surface area contributed by atoms with Crippen LogP contribution in [0.15, 0.2) is 35.1 Å². The SMILES string of the molecule is CCn1c(C)cc(O)c(C(c2ccc(OC)cc2)N2CCC(C)CC2)c1=O. The van der Waals surface area contributed by atoms with Crippen LogP contribution in [0.25, 0.3) is 0 Å². The second-order valence-electron chi connectivity index (χ2n) is 7.53. The minimum absolute atomic E-state index is 0.0849. The van der Waals surface area contributed by atoms with Gasteiger partial charge >= 0.3 is 0 Å². The van der Waals surface area contributed by atoms with Crippen molar-refractivity contribution in [3.05, 3.63) is 57.5 Å². The molecule has 0 radical (unpaired) electrons. The zero-order valence-electron chi connectivity index (χ0n) is 16.7. The highest BCUT2D eigenvalue weighted by Gasteiger charge is 2.31. The largest absolute Gasteiger partial charge is 0.507 e. The van der Waals surface area contributed by atoms with Crippen molar-refractivity contribution in [2.24, 2.45) is 5.92 Å². The predicted octanol–water partition coefficient (Wildman–Crippen LogP) is 3.71. The zero-order valence-corrected chi connectivity index (χ0v) is 16.7. The summed E-state index contributed by atoms with van der Waals surface area (Å²) in [4.78, 5) is 15.6. The van der Waals surface area contributed by atoms with E-state index in [1.165, 1.54) is 0 Å². The fourth-order valence-corrected chi connectivity index (χ4v) is 4.05. The summed E-state index contributed by atoms with van der Waals surface area (Å²) in [5.74, 6) is 1.56. The normalized spacial score (nSPS) is 17.0. The van der Waals surface area contributed by atoms with Gasteiger partial charge in [-0.2, -0.15) is 0 Å². The maximum Gasteiger partial charge on any atom is 0.259 e. The number of rotatable bonds is 5. The highest BCUT2D eigenvalue weighted by molar-refractivity contribution is 5.42. The molecule has 0 amide bonds. The van der Waals surface area contributed by atoms with Crippen molar-refractivity contribution in [3.8, 4) is 11.5 Å². The molecule has 1 aromatic heterocycles. The molecule has 0 aliphatic carbocycles. The number of aromatic nitrogens is 1. The summed E-state index contributed by atoms with van der Waals surface area (Å²) in [7, 11) is 1.64. The van der Waals surface area contributed by atoms with Crippen LogP contribution < -0.4 is 10.3 Å². The van der Waals surface area contributed by atoms with Gasteiger partial charge in [0.25, 0.3) is 5.56 Å². The van der Waals surface area contributed by atoms with Crippen LogP contribution in [-0.4, -0.2) is 34.8 Å². The topological polar surface area (TPSA) is 54.7 Å². The highest BCUT2D eigenvalue weighted by atomic mass is 16.5. The summed E-state index contributed by atoms with van der Waals surface area (Å²) in [6.07, 6.45) is 2.20. The van der Waals surface area contributed by atoms with Crippen LogP contribution in [-0.2, 0) is 6.54 Å². The monoisotopic (exact) mass is 370 g/mol. The number of pyridine rings is 1. The van der Waals surface area contributed by atoms with E-state index in [2.05, 4.69) is 11.8 Å². The first-order valence-electron chi connectivity index (χ1n) is 9.77. The number of aromatic hydroxyl groups is 1. The molecule has 1 aliphatic rings. The number of hydrogen-bond acceptors (Lipinski definition) is 4. The summed E-state index contributed by atoms with van der Waals surface area (Å²) < 4.78 is 7.02. The molecule has 27 heavy (non-hydrogen) atoms. The van der Waals surface area contributed by atoms with Gasteiger partial charge in [-0.25, -0.2) is 0 Å². The Morgan fingerprint density at radius 2 is 1.85 bits per heavy atom. The average molecular weight is 370 g/mol. The lowest BCUT2D eigenvalue weighted by atomic mass is 9.92. The van der Waals surface area contributed by atoms with Crippen molar-refractivity contribution in [3.63, 3.8) is 0 Å². The quantitative estimate of drug-likeness (QED) is 0.872. The van der Waals surface area contributed by atoms with Crippen LogP contribution >= 0.6 is 0 Å². The van der Waals surface area contributed by atoms with Crippen molar-refractivity contribution in [1.82, 2.24) is 9.47 Å². The van der Waals surface area contributed by atoms with Crippen LogP contribution in [0, 0.1) is 12.8 Å². The molecule has 1 aromatic carbocycles. The van der Waals surface area contributed by atoms with Crippen molar-refractivity contribution in [1.29, 1.82) is 0 Å². The van der Waals surface area contributed by atoms with E-state index in [0.717, 1.165) is 42.9 Å². The molecule has 1 aliphatic heterocycles. The van der Waals surface area contributed by atoms with Crippen LogP contribution in [0.2, 0.25) is 0 Å². The molecule has 2 heterocycles. The minimum atomic E-state index is -0.255. The van der Waals surface area contributed by atoms with Gasteiger partial charge in [0.05, 0.1) is 18.7 Å². The number of piperidine rings is 1. The Balaban J connectivity index is 2.14. The molecule has 1 atom stereocenters. The first-order chi connectivity index (χ1) is 13.0. The predicted molar refractivity (Wildman–Crippen MR) is 108 cm³/mol. The van der Waals surface area contributed by atoms with Gasteiger partial charge in [0.15, 0.2) is 0 Å². The Morgan fingerprint density at radius 1 is 1.22 bits per heavy atom. The lowest BCUT2D eigenvalue weighted by molar-refractivity contribution is 0.154. The number of methoxy groups -OCH3 is 1. The molecular weight excluding hydrogens is 340 g/mol. The average Bonchev–Trinajstić information content (AvgIpc) is 2.66. The van der Waals surface area contributed by atoms with Gasteiger partial charge in [0.2, 0.25) is 0 Å². The number of aryl methyl sites for hydroxylation is 1. The molecular formula is C22H30N2O3. The maximum absolute atomic E-state index is 13.2. The summed E-state index contributed by atoms with van der Waals surface area (Å²) in [5.41, 5.74) is 2.16. The molecule has 0 saturated carbocycles. The number of hydrogen-bond donors (Lipinski definition) is 1. The van der Waals surface area contributed by atoms with Crippen LogP contribution in [0.1, 0.15) is 49.6 Å². The second kappa shape index (κ2) is 8.17. The van der Waals surface area contributed by atoms with Gasteiger partial charge in [0.1, 0.15) is 11.5 Å². The molecule has 1 N–H and O–H groups in total. The summed E-state index contributed by atoms with van der Waals surface area (Å²) in [6, 6.07) is 9.28. The minimum Gasteiger partial charge on any atom is -0.507 e. The van der Waals surface area contributed by atoms with E-state index >= 15 is 0 Å². The smallest absolute Gasteiger partial charge is 0.259 e. The Hall–Kier alpha value is -2.27. The van der Waals surface area contributed by atoms with E-state index < -0.39 is 0 Å². The fraction of sp³-hybridized carbons (Fsp3) is 0.500. The third kappa shape index (κ3) is 3.88. The first-order valence-corrected chi connectivity index (χ1v) is 9.77. The second-order valence-corrected chi connectivity index (χ2v) is 7.53. The van der Waals surface area contributed by atoms with E-state index in [0.29, 0.717) is 18.0 Å². The van der Waals surface area contributed by atoms with Gasteiger partial charge in [-0.1, -0.05) is 19.1 Å². The van der Waals surface area contributed by atoms with E-state index in [-0.39, 0.29) is 17.4 Å². The molecule has 2 aromatic rings. The summed E-state index contributed by atoms with van der Waals surface area (Å²) >= 11 is 0. The molecule has 5 heteroatoms. The highest BCUT2D eigenvalue weighted by Crippen LogP contribution is 2.35. The lowest BCUT2D eigenvalue weighted by Gasteiger charge is -2.37. The Kier molecular flexibility index (Phi) is 5.90. The van der Waals surface area contributed by atoms with E-state index in [9.17, 15) is 9.90 Å². The molecule has 0 spiro atoms. The standard InChI is InChI=1S/C22H30N2O3/c1-5-24-16(3)14-19(25)20(22(24)26)21(23-12-10-15(2)11-13-23)17-6-8-18(27-4)9-7-17/h6-9,14-15,21,25H,5,10-13H2,1-4H3. The number of nitrogens with zero attached hydrogens (tertiary/aromatic N) is 2.